The highest BCUT2D eigenvalue weighted by Crippen LogP contribution is 2.45. The number of aliphatic hydroxyl groups excluding tert-OH is 1. The van der Waals surface area contributed by atoms with Gasteiger partial charge in [-0.2, -0.15) is 0 Å². The van der Waals surface area contributed by atoms with E-state index in [0.29, 0.717) is 25.7 Å². The Morgan fingerprint density at radius 3 is 0.784 bits per heavy atom. The summed E-state index contributed by atoms with van der Waals surface area (Å²) in [6, 6.07) is 0. The van der Waals surface area contributed by atoms with E-state index in [2.05, 4.69) is 41.5 Å². The number of esters is 4. The second-order valence-corrected chi connectivity index (χ2v) is 31.7. The van der Waals surface area contributed by atoms with E-state index in [0.717, 1.165) is 108 Å². The molecular weight excluding hydrogens is 1270 g/mol. The average molecular weight is 1420 g/mol. The summed E-state index contributed by atoms with van der Waals surface area (Å²) in [7, 11) is -9.91. The van der Waals surface area contributed by atoms with Crippen LogP contribution in [0.4, 0.5) is 0 Å². The van der Waals surface area contributed by atoms with E-state index in [9.17, 15) is 43.2 Å². The molecule has 6 atom stereocenters. The van der Waals surface area contributed by atoms with Crippen molar-refractivity contribution < 1.29 is 80.2 Å². The fourth-order valence-electron chi connectivity index (χ4n) is 12.0. The van der Waals surface area contributed by atoms with Crippen LogP contribution in [0.25, 0.3) is 0 Å². The molecule has 0 amide bonds. The van der Waals surface area contributed by atoms with Crippen LogP contribution < -0.4 is 0 Å². The molecule has 0 aliphatic carbocycles. The van der Waals surface area contributed by atoms with Crippen molar-refractivity contribution in [2.45, 2.75) is 426 Å². The molecule has 0 rings (SSSR count). The van der Waals surface area contributed by atoms with Gasteiger partial charge >= 0.3 is 39.5 Å². The molecule has 0 heterocycles. The molecule has 3 unspecified atom stereocenters. The SMILES string of the molecule is CCCCCCCCCCCCCCCCCCCCCC(=O)O[C@H](COC(=O)CCCCCCCCCCCCCCCC(C)C)COP(=O)(O)OC[C@@H](O)COP(=O)(O)OC[C@@H](COC(=O)CCCCCCCCCC)OC(=O)CCCCCCCCCCCCC(C)CC. The smallest absolute Gasteiger partial charge is 0.462 e. The van der Waals surface area contributed by atoms with Crippen LogP contribution in [0.15, 0.2) is 0 Å². The van der Waals surface area contributed by atoms with Crippen LogP contribution in [0.3, 0.4) is 0 Å². The summed E-state index contributed by atoms with van der Waals surface area (Å²) in [6.45, 7) is 9.63. The minimum Gasteiger partial charge on any atom is -0.462 e. The zero-order valence-electron chi connectivity index (χ0n) is 63.4. The van der Waals surface area contributed by atoms with E-state index in [1.165, 1.54) is 218 Å². The third-order valence-corrected chi connectivity index (χ3v) is 20.5. The van der Waals surface area contributed by atoms with Crippen molar-refractivity contribution in [3.8, 4) is 0 Å². The molecule has 0 aliphatic heterocycles. The molecule has 576 valence electrons. The van der Waals surface area contributed by atoms with Gasteiger partial charge in [0.05, 0.1) is 26.4 Å². The van der Waals surface area contributed by atoms with Crippen molar-refractivity contribution in [2.75, 3.05) is 39.6 Å². The van der Waals surface area contributed by atoms with E-state index < -0.39 is 97.5 Å². The second-order valence-electron chi connectivity index (χ2n) is 28.8. The zero-order chi connectivity index (χ0) is 71.4. The molecule has 97 heavy (non-hydrogen) atoms. The molecular formula is C78H152O17P2. The van der Waals surface area contributed by atoms with Crippen molar-refractivity contribution in [3.05, 3.63) is 0 Å². The lowest BCUT2D eigenvalue weighted by molar-refractivity contribution is -0.161. The van der Waals surface area contributed by atoms with Gasteiger partial charge in [0, 0.05) is 25.7 Å². The van der Waals surface area contributed by atoms with E-state index in [4.69, 9.17) is 37.0 Å². The minimum atomic E-state index is -4.96. The number of carbonyl (C=O) groups is 4. The van der Waals surface area contributed by atoms with Crippen LogP contribution in [-0.2, 0) is 65.4 Å². The molecule has 17 nitrogen and oxygen atoms in total. The van der Waals surface area contributed by atoms with Gasteiger partial charge in [0.1, 0.15) is 19.3 Å². The number of unbranched alkanes of at least 4 members (excludes halogenated alkanes) is 46. The van der Waals surface area contributed by atoms with E-state index in [1.54, 1.807) is 0 Å². The van der Waals surface area contributed by atoms with Crippen molar-refractivity contribution in [1.82, 2.24) is 0 Å². The molecule has 0 bridgehead atoms. The van der Waals surface area contributed by atoms with Crippen LogP contribution in [-0.4, -0.2) is 96.7 Å². The molecule has 0 fully saturated rings. The van der Waals surface area contributed by atoms with E-state index >= 15 is 0 Å². The zero-order valence-corrected chi connectivity index (χ0v) is 65.2. The van der Waals surface area contributed by atoms with Crippen molar-refractivity contribution >= 4 is 39.5 Å². The molecule has 0 aromatic heterocycles. The predicted molar refractivity (Wildman–Crippen MR) is 395 cm³/mol. The Hall–Kier alpha value is -1.94. The van der Waals surface area contributed by atoms with Gasteiger partial charge in [0.15, 0.2) is 12.2 Å². The molecule has 0 aromatic carbocycles. The lowest BCUT2D eigenvalue weighted by Crippen LogP contribution is -2.30. The Morgan fingerprint density at radius 2 is 0.526 bits per heavy atom. The third kappa shape index (κ3) is 70.9. The number of hydrogen-bond donors (Lipinski definition) is 3. The van der Waals surface area contributed by atoms with Crippen LogP contribution in [0.2, 0.25) is 0 Å². The highest BCUT2D eigenvalue weighted by Gasteiger charge is 2.30. The van der Waals surface area contributed by atoms with Gasteiger partial charge < -0.3 is 33.8 Å². The molecule has 0 aliphatic rings. The first kappa shape index (κ1) is 95.1. The maximum atomic E-state index is 13.1. The Morgan fingerprint density at radius 1 is 0.299 bits per heavy atom. The predicted octanol–water partition coefficient (Wildman–Crippen LogP) is 23.1. The van der Waals surface area contributed by atoms with Gasteiger partial charge in [-0.15, -0.1) is 0 Å². The molecule has 0 saturated carbocycles. The fraction of sp³-hybridized carbons (Fsp3) is 0.949. The maximum Gasteiger partial charge on any atom is 0.472 e. The summed E-state index contributed by atoms with van der Waals surface area (Å²) < 4.78 is 68.5. The average Bonchev–Trinajstić information content (AvgIpc) is 2.50. The summed E-state index contributed by atoms with van der Waals surface area (Å²) in [5.74, 6) is -0.521. The fourth-order valence-corrected chi connectivity index (χ4v) is 13.6. The van der Waals surface area contributed by atoms with Gasteiger partial charge in [0.2, 0.25) is 0 Å². The van der Waals surface area contributed by atoms with E-state index in [-0.39, 0.29) is 25.7 Å². The molecule has 0 aromatic rings. The van der Waals surface area contributed by atoms with Gasteiger partial charge in [-0.3, -0.25) is 37.3 Å². The summed E-state index contributed by atoms with van der Waals surface area (Å²) in [6.07, 6.45) is 58.3. The Balaban J connectivity index is 5.21. The number of hydrogen-bond acceptors (Lipinski definition) is 15. The monoisotopic (exact) mass is 1420 g/mol. The minimum absolute atomic E-state index is 0.106. The summed E-state index contributed by atoms with van der Waals surface area (Å²) in [5, 5.41) is 10.6. The van der Waals surface area contributed by atoms with Crippen LogP contribution >= 0.6 is 15.6 Å². The lowest BCUT2D eigenvalue weighted by Gasteiger charge is -2.21. The quantitative estimate of drug-likeness (QED) is 0.0222. The first-order valence-electron chi connectivity index (χ1n) is 40.5. The van der Waals surface area contributed by atoms with Crippen LogP contribution in [0.5, 0.6) is 0 Å². The third-order valence-electron chi connectivity index (χ3n) is 18.6. The number of ether oxygens (including phenoxy) is 4. The molecule has 0 radical (unpaired) electrons. The summed E-state index contributed by atoms with van der Waals surface area (Å²) >= 11 is 0. The van der Waals surface area contributed by atoms with Crippen LogP contribution in [0, 0.1) is 11.8 Å². The topological polar surface area (TPSA) is 237 Å². The normalized spacial score (nSPS) is 14.2. The number of phosphoric ester groups is 2. The summed E-state index contributed by atoms with van der Waals surface area (Å²) in [5.41, 5.74) is 0. The second kappa shape index (κ2) is 69.8. The molecule has 3 N–H and O–H groups in total. The molecule has 19 heteroatoms. The lowest BCUT2D eigenvalue weighted by atomic mass is 9.99. The standard InChI is InChI=1S/C78H152O17P2/c1-7-10-12-14-16-18-19-20-21-22-23-24-25-28-32-38-44-50-56-62-77(82)95-74(67-89-76(81)61-55-49-43-37-31-29-26-27-30-35-40-46-52-58-70(4)5)69-93-97(86,87)91-65-72(79)64-90-96(84,85)92-68-73(66-88-75(80)60-54-48-42-17-15-13-11-8-2)94-78(83)63-57-51-45-39-34-33-36-41-47-53-59-71(6)9-3/h70-74,79H,7-69H2,1-6H3,(H,84,85)(H,86,87)/t71?,72-,73+,74+/m0/s1. The number of rotatable bonds is 77. The Kier molecular flexibility index (Phi) is 68.4. The van der Waals surface area contributed by atoms with Crippen LogP contribution in [0.1, 0.15) is 408 Å². The Bertz CT molecular complexity index is 1870. The highest BCUT2D eigenvalue weighted by molar-refractivity contribution is 7.47. The van der Waals surface area contributed by atoms with Gasteiger partial charge in [0.25, 0.3) is 0 Å². The largest absolute Gasteiger partial charge is 0.472 e. The first-order chi connectivity index (χ1) is 46.9. The molecule has 0 saturated heterocycles. The number of aliphatic hydroxyl groups is 1. The molecule has 0 spiro atoms. The van der Waals surface area contributed by atoms with Gasteiger partial charge in [-0.25, -0.2) is 9.13 Å². The van der Waals surface area contributed by atoms with Gasteiger partial charge in [-0.1, -0.05) is 356 Å². The first-order valence-corrected chi connectivity index (χ1v) is 43.5. The van der Waals surface area contributed by atoms with Crippen molar-refractivity contribution in [2.24, 2.45) is 11.8 Å². The van der Waals surface area contributed by atoms with Gasteiger partial charge in [-0.05, 0) is 37.5 Å². The summed E-state index contributed by atoms with van der Waals surface area (Å²) in [4.78, 5) is 72.8. The highest BCUT2D eigenvalue weighted by atomic mass is 31.2. The number of carbonyl (C=O) groups excluding carboxylic acids is 4. The van der Waals surface area contributed by atoms with E-state index in [1.807, 2.05) is 0 Å². The number of phosphoric acid groups is 2. The Labute approximate surface area is 594 Å². The van der Waals surface area contributed by atoms with Crippen molar-refractivity contribution in [3.63, 3.8) is 0 Å². The maximum absolute atomic E-state index is 13.1. The van der Waals surface area contributed by atoms with Crippen molar-refractivity contribution in [1.29, 1.82) is 0 Å².